The number of alkyl halides is 3. The summed E-state index contributed by atoms with van der Waals surface area (Å²) in [6, 6.07) is 8.55. The Kier molecular flexibility index (Phi) is 18.8. The molecule has 0 bridgehead atoms. The van der Waals surface area contributed by atoms with Crippen molar-refractivity contribution in [1.82, 2.24) is 30.2 Å². The third kappa shape index (κ3) is 15.5. The van der Waals surface area contributed by atoms with Gasteiger partial charge in [-0.25, -0.2) is 18.6 Å². The van der Waals surface area contributed by atoms with Gasteiger partial charge in [-0.05, 0) is 35.6 Å². The highest BCUT2D eigenvalue weighted by Gasteiger charge is 2.46. The summed E-state index contributed by atoms with van der Waals surface area (Å²) in [6.07, 6.45) is -5.51. The van der Waals surface area contributed by atoms with Crippen LogP contribution >= 0.6 is 0 Å². The lowest BCUT2D eigenvalue weighted by Crippen LogP contribution is -2.52. The number of imidazole rings is 1. The van der Waals surface area contributed by atoms with Gasteiger partial charge in [-0.15, -0.1) is 0 Å². The van der Waals surface area contributed by atoms with Gasteiger partial charge in [0.1, 0.15) is 17.5 Å². The first kappa shape index (κ1) is 51.5. The predicted molar refractivity (Wildman–Crippen MR) is 217 cm³/mol. The number of amides is 5. The number of halogens is 5. The molecule has 5 N–H and O–H groups in total. The van der Waals surface area contributed by atoms with Gasteiger partial charge in [0.2, 0.25) is 5.91 Å². The largest absolute Gasteiger partial charge is 0.491 e. The van der Waals surface area contributed by atoms with Crippen molar-refractivity contribution in [3.63, 3.8) is 0 Å². The number of aliphatic hydroxyl groups is 1. The van der Waals surface area contributed by atoms with Crippen LogP contribution in [0.4, 0.5) is 22.0 Å². The summed E-state index contributed by atoms with van der Waals surface area (Å²) in [5.74, 6) is -8.52. The first-order valence-electron chi connectivity index (χ1n) is 20.1. The van der Waals surface area contributed by atoms with Crippen molar-refractivity contribution in [3.8, 4) is 11.3 Å². The standard InChI is InChI=1S/C42H50F5N7O11/c1-41(2,3)35(36-49-31(28-23-27(43)9-10-29(28)44)25-52(36)24-26-7-5-4-6-8-26)54(38(59)39(60)65-40(61)42(45,46)47)15-13-30(48)37(58)51-50-32(55)14-17-62-19-21-64-22-20-63-18-16-53-33(56)11-12-34(53)57/h4-12,23,25,30,35,39,60H,13-22,24,48H2,1-3H3,(H,50,55)(H,51,58)/t30-,35-,39?/m0/s1. The van der Waals surface area contributed by atoms with Crippen LogP contribution < -0.4 is 16.6 Å². The maximum Gasteiger partial charge on any atom is 0.491 e. The van der Waals surface area contributed by atoms with Crippen LogP contribution in [0.3, 0.4) is 0 Å². The topological polar surface area (TPSA) is 234 Å². The SMILES string of the molecule is CC(C)(C)[C@H](c1nc(-c2cc(F)ccc2F)cn1Cc1ccccc1)N(CC[C@H](N)C(=O)NNC(=O)CCOCCOCCOCCN1C(=O)C=CC1=O)C(=O)C(O)OC(=O)C(F)(F)F. The molecule has 0 saturated heterocycles. The van der Waals surface area contributed by atoms with Gasteiger partial charge in [0.25, 0.3) is 29.9 Å². The van der Waals surface area contributed by atoms with E-state index in [-0.39, 0.29) is 76.2 Å². The predicted octanol–water partition coefficient (Wildman–Crippen LogP) is 2.45. The number of nitrogens with two attached hydrogens (primary N) is 1. The summed E-state index contributed by atoms with van der Waals surface area (Å²) in [5, 5.41) is 10.6. The molecule has 4 rings (SSSR count). The van der Waals surface area contributed by atoms with Crippen molar-refractivity contribution >= 4 is 35.5 Å². The quantitative estimate of drug-likeness (QED) is 0.0268. The molecule has 1 aromatic heterocycles. The summed E-state index contributed by atoms with van der Waals surface area (Å²) in [7, 11) is 0. The van der Waals surface area contributed by atoms with E-state index in [9.17, 15) is 51.4 Å². The Balaban J connectivity index is 1.40. The molecule has 2 aromatic carbocycles. The van der Waals surface area contributed by atoms with Crippen LogP contribution in [0, 0.1) is 17.0 Å². The van der Waals surface area contributed by atoms with Crippen molar-refractivity contribution < 1.29 is 74.8 Å². The van der Waals surface area contributed by atoms with Crippen molar-refractivity contribution in [2.24, 2.45) is 11.1 Å². The minimum Gasteiger partial charge on any atom is -0.419 e. The molecule has 0 spiro atoms. The van der Waals surface area contributed by atoms with Crippen LogP contribution in [0.15, 0.2) is 66.9 Å². The highest BCUT2D eigenvalue weighted by Crippen LogP contribution is 2.40. The molecular formula is C42H50F5N7O11. The first-order chi connectivity index (χ1) is 30.7. The van der Waals surface area contributed by atoms with E-state index in [2.05, 4.69) is 20.6 Å². The lowest BCUT2D eigenvalue weighted by molar-refractivity contribution is -0.222. The third-order valence-corrected chi connectivity index (χ3v) is 9.45. The van der Waals surface area contributed by atoms with Crippen LogP contribution in [0.25, 0.3) is 11.3 Å². The molecule has 65 heavy (non-hydrogen) atoms. The van der Waals surface area contributed by atoms with Gasteiger partial charge >= 0.3 is 12.1 Å². The Morgan fingerprint density at radius 2 is 1.49 bits per heavy atom. The van der Waals surface area contributed by atoms with Crippen molar-refractivity contribution in [3.05, 3.63) is 89.9 Å². The number of nitrogens with one attached hydrogen (secondary N) is 2. The van der Waals surface area contributed by atoms with Crippen molar-refractivity contribution in [2.75, 3.05) is 52.7 Å². The number of hydrogen-bond acceptors (Lipinski definition) is 13. The molecule has 0 fully saturated rings. The highest BCUT2D eigenvalue weighted by atomic mass is 19.4. The molecule has 0 radical (unpaired) electrons. The fourth-order valence-corrected chi connectivity index (χ4v) is 6.31. The number of aromatic nitrogens is 2. The lowest BCUT2D eigenvalue weighted by atomic mass is 9.84. The molecule has 0 saturated carbocycles. The minimum absolute atomic E-state index is 0.0171. The number of hydrogen-bond donors (Lipinski definition) is 4. The smallest absolute Gasteiger partial charge is 0.419 e. The summed E-state index contributed by atoms with van der Waals surface area (Å²) in [4.78, 5) is 80.5. The Morgan fingerprint density at radius 1 is 0.877 bits per heavy atom. The van der Waals surface area contributed by atoms with E-state index < -0.39 is 90.1 Å². The zero-order chi connectivity index (χ0) is 47.9. The van der Waals surface area contributed by atoms with Crippen molar-refractivity contribution in [2.45, 2.75) is 64.7 Å². The number of benzene rings is 2. The number of esters is 1. The number of rotatable bonds is 23. The zero-order valence-electron chi connectivity index (χ0n) is 35.6. The van der Waals surface area contributed by atoms with Crippen LogP contribution in [-0.2, 0) is 54.3 Å². The van der Waals surface area contributed by atoms with Gasteiger partial charge in [0.05, 0.1) is 70.4 Å². The second-order valence-corrected chi connectivity index (χ2v) is 15.5. The van der Waals surface area contributed by atoms with Crippen LogP contribution in [-0.4, -0.2) is 131 Å². The molecular weight excluding hydrogens is 873 g/mol. The van der Waals surface area contributed by atoms with E-state index >= 15 is 4.39 Å². The van der Waals surface area contributed by atoms with E-state index in [1.165, 1.54) is 22.9 Å². The highest BCUT2D eigenvalue weighted by molar-refractivity contribution is 6.12. The molecule has 3 atom stereocenters. The molecule has 1 unspecified atom stereocenters. The first-order valence-corrected chi connectivity index (χ1v) is 20.1. The molecule has 354 valence electrons. The maximum atomic E-state index is 15.1. The summed E-state index contributed by atoms with van der Waals surface area (Å²) < 4.78 is 90.6. The van der Waals surface area contributed by atoms with Crippen LogP contribution in [0.5, 0.6) is 0 Å². The molecule has 5 amide bonds. The summed E-state index contributed by atoms with van der Waals surface area (Å²) in [6.45, 7) is 5.10. The Labute approximate surface area is 369 Å². The molecule has 0 aliphatic carbocycles. The number of imide groups is 1. The van der Waals surface area contributed by atoms with E-state index in [1.807, 2.05) is 0 Å². The fourth-order valence-electron chi connectivity index (χ4n) is 6.31. The molecule has 23 heteroatoms. The van der Waals surface area contributed by atoms with E-state index in [1.54, 1.807) is 51.1 Å². The van der Waals surface area contributed by atoms with Crippen LogP contribution in [0.1, 0.15) is 51.0 Å². The second kappa shape index (κ2) is 23.7. The lowest BCUT2D eigenvalue weighted by Gasteiger charge is -2.40. The number of aliphatic hydroxyl groups excluding tert-OH is 1. The summed E-state index contributed by atoms with van der Waals surface area (Å²) >= 11 is 0. The van der Waals surface area contributed by atoms with Crippen LogP contribution in [0.2, 0.25) is 0 Å². The number of carbonyl (C=O) groups excluding carboxylic acids is 6. The number of nitrogens with zero attached hydrogens (tertiary/aromatic N) is 4. The average molecular weight is 924 g/mol. The number of ether oxygens (including phenoxy) is 4. The molecule has 1 aliphatic rings. The van der Waals surface area contributed by atoms with Gasteiger partial charge in [-0.1, -0.05) is 51.1 Å². The number of hydrazine groups is 1. The Morgan fingerprint density at radius 3 is 2.11 bits per heavy atom. The zero-order valence-corrected chi connectivity index (χ0v) is 35.6. The Hall–Kier alpha value is -6.14. The van der Waals surface area contributed by atoms with Gasteiger partial charge in [0.15, 0.2) is 0 Å². The Bertz CT molecular complexity index is 2150. The van der Waals surface area contributed by atoms with Gasteiger partial charge in [-0.3, -0.25) is 39.7 Å². The molecule has 2 heterocycles. The molecule has 3 aromatic rings. The average Bonchev–Trinajstić information content (AvgIpc) is 3.80. The van der Waals surface area contributed by atoms with Crippen molar-refractivity contribution in [1.29, 1.82) is 0 Å². The fraction of sp³-hybridized carbons (Fsp3) is 0.452. The maximum absolute atomic E-state index is 15.1. The van der Waals surface area contributed by atoms with E-state index in [0.717, 1.165) is 28.0 Å². The van der Waals surface area contributed by atoms with Gasteiger partial charge in [0, 0.05) is 37.0 Å². The second-order valence-electron chi connectivity index (χ2n) is 15.5. The van der Waals surface area contributed by atoms with Gasteiger partial charge in [-0.2, -0.15) is 13.2 Å². The molecule has 1 aliphatic heterocycles. The molecule has 18 nitrogen and oxygen atoms in total. The minimum atomic E-state index is -5.59. The monoisotopic (exact) mass is 923 g/mol. The summed E-state index contributed by atoms with van der Waals surface area (Å²) in [5.41, 5.74) is 9.63. The van der Waals surface area contributed by atoms with E-state index in [4.69, 9.17) is 19.9 Å². The van der Waals surface area contributed by atoms with E-state index in [0.29, 0.717) is 5.56 Å². The normalized spacial score (nSPS) is 14.3. The number of carbonyl (C=O) groups is 6. The van der Waals surface area contributed by atoms with Gasteiger partial charge < -0.3 is 39.3 Å². The third-order valence-electron chi connectivity index (χ3n) is 9.45.